The lowest BCUT2D eigenvalue weighted by Gasteiger charge is -2.16. The number of aromatic amines is 1. The van der Waals surface area contributed by atoms with Crippen molar-refractivity contribution in [2.24, 2.45) is 0 Å². The molecule has 6 heteroatoms. The van der Waals surface area contributed by atoms with E-state index in [0.29, 0.717) is 24.6 Å². The SMILES string of the molecule is Cc1ccc2[nH]nc(C(=O)N(C)CCOc3ccc(F)cc3)c2c1. The van der Waals surface area contributed by atoms with Gasteiger partial charge in [-0.1, -0.05) is 11.6 Å². The molecule has 0 aliphatic heterocycles. The molecule has 0 fully saturated rings. The van der Waals surface area contributed by atoms with Crippen LogP contribution in [0.15, 0.2) is 42.5 Å². The zero-order chi connectivity index (χ0) is 17.1. The standard InChI is InChI=1S/C18H18FN3O2/c1-12-3-8-16-15(11-12)17(21-20-16)18(23)22(2)9-10-24-14-6-4-13(19)5-7-14/h3-8,11H,9-10H2,1-2H3,(H,20,21). The number of H-pyrrole nitrogens is 1. The number of fused-ring (bicyclic) bond motifs is 1. The number of carbonyl (C=O) groups is 1. The van der Waals surface area contributed by atoms with Gasteiger partial charge in [-0.3, -0.25) is 9.89 Å². The Balaban J connectivity index is 1.63. The first kappa shape index (κ1) is 16.0. The number of aryl methyl sites for hydroxylation is 1. The average molecular weight is 327 g/mol. The van der Waals surface area contributed by atoms with Crippen LogP contribution in [0.25, 0.3) is 10.9 Å². The summed E-state index contributed by atoms with van der Waals surface area (Å²) < 4.78 is 18.4. The Labute approximate surface area is 139 Å². The molecule has 124 valence electrons. The van der Waals surface area contributed by atoms with E-state index in [-0.39, 0.29) is 11.7 Å². The molecule has 3 rings (SSSR count). The van der Waals surface area contributed by atoms with Gasteiger partial charge in [0, 0.05) is 12.4 Å². The van der Waals surface area contributed by atoms with Gasteiger partial charge >= 0.3 is 0 Å². The van der Waals surface area contributed by atoms with Crippen molar-refractivity contribution in [1.82, 2.24) is 15.1 Å². The van der Waals surface area contributed by atoms with Crippen LogP contribution in [0.3, 0.4) is 0 Å². The summed E-state index contributed by atoms with van der Waals surface area (Å²) in [7, 11) is 1.70. The molecule has 0 unspecified atom stereocenters. The first-order valence-corrected chi connectivity index (χ1v) is 7.63. The van der Waals surface area contributed by atoms with E-state index in [1.165, 1.54) is 12.1 Å². The molecule has 0 spiro atoms. The van der Waals surface area contributed by atoms with Crippen molar-refractivity contribution in [3.63, 3.8) is 0 Å². The molecule has 3 aromatic rings. The number of carbonyl (C=O) groups excluding carboxylic acids is 1. The lowest BCUT2D eigenvalue weighted by molar-refractivity contribution is 0.0770. The van der Waals surface area contributed by atoms with Crippen molar-refractivity contribution in [3.8, 4) is 5.75 Å². The number of ether oxygens (including phenoxy) is 1. The van der Waals surface area contributed by atoms with Crippen LogP contribution in [0.2, 0.25) is 0 Å². The summed E-state index contributed by atoms with van der Waals surface area (Å²) in [5, 5.41) is 7.82. The monoisotopic (exact) mass is 327 g/mol. The van der Waals surface area contributed by atoms with E-state index in [4.69, 9.17) is 4.74 Å². The lowest BCUT2D eigenvalue weighted by Crippen LogP contribution is -2.31. The number of amides is 1. The Kier molecular flexibility index (Phi) is 4.46. The second-order valence-electron chi connectivity index (χ2n) is 5.65. The highest BCUT2D eigenvalue weighted by atomic mass is 19.1. The highest BCUT2D eigenvalue weighted by Crippen LogP contribution is 2.18. The fourth-order valence-electron chi connectivity index (χ4n) is 2.40. The summed E-state index contributed by atoms with van der Waals surface area (Å²) >= 11 is 0. The first-order chi connectivity index (χ1) is 11.5. The molecule has 0 aliphatic rings. The highest BCUT2D eigenvalue weighted by molar-refractivity contribution is 6.04. The molecule has 5 nitrogen and oxygen atoms in total. The van der Waals surface area contributed by atoms with Crippen molar-refractivity contribution in [1.29, 1.82) is 0 Å². The summed E-state index contributed by atoms with van der Waals surface area (Å²) in [6.45, 7) is 2.69. The largest absolute Gasteiger partial charge is 0.492 e. The van der Waals surface area contributed by atoms with Gasteiger partial charge in [-0.05, 0) is 43.3 Å². The van der Waals surface area contributed by atoms with Crippen molar-refractivity contribution < 1.29 is 13.9 Å². The van der Waals surface area contributed by atoms with Gasteiger partial charge in [0.25, 0.3) is 5.91 Å². The molecule has 1 N–H and O–H groups in total. The van der Waals surface area contributed by atoms with Crippen molar-refractivity contribution >= 4 is 16.8 Å². The minimum atomic E-state index is -0.310. The van der Waals surface area contributed by atoms with Gasteiger partial charge in [-0.2, -0.15) is 5.10 Å². The molecule has 0 aliphatic carbocycles. The first-order valence-electron chi connectivity index (χ1n) is 7.63. The third-order valence-corrected chi connectivity index (χ3v) is 3.78. The molecular formula is C18H18FN3O2. The Hall–Kier alpha value is -2.89. The summed E-state index contributed by atoms with van der Waals surface area (Å²) in [6, 6.07) is 11.6. The number of halogens is 1. The summed E-state index contributed by atoms with van der Waals surface area (Å²) in [5.74, 6) is 0.0861. The number of aromatic nitrogens is 2. The fourth-order valence-corrected chi connectivity index (χ4v) is 2.40. The number of rotatable bonds is 5. The Bertz CT molecular complexity index is 858. The van der Waals surface area contributed by atoms with Gasteiger partial charge in [-0.15, -0.1) is 0 Å². The van der Waals surface area contributed by atoms with Gasteiger partial charge in [0.2, 0.25) is 0 Å². The molecule has 0 radical (unpaired) electrons. The van der Waals surface area contributed by atoms with E-state index in [2.05, 4.69) is 10.2 Å². The summed E-state index contributed by atoms with van der Waals surface area (Å²) in [6.07, 6.45) is 0. The lowest BCUT2D eigenvalue weighted by atomic mass is 10.1. The minimum Gasteiger partial charge on any atom is -0.492 e. The summed E-state index contributed by atoms with van der Waals surface area (Å²) in [5.41, 5.74) is 2.30. The summed E-state index contributed by atoms with van der Waals surface area (Å²) in [4.78, 5) is 14.1. The maximum absolute atomic E-state index is 12.8. The molecule has 0 saturated carbocycles. The zero-order valence-electron chi connectivity index (χ0n) is 13.5. The van der Waals surface area contributed by atoms with Gasteiger partial charge in [0.05, 0.1) is 12.1 Å². The predicted octanol–water partition coefficient (Wildman–Crippen LogP) is 3.16. The number of nitrogens with one attached hydrogen (secondary N) is 1. The van der Waals surface area contributed by atoms with Crippen LogP contribution in [0.1, 0.15) is 16.1 Å². The second kappa shape index (κ2) is 6.70. The van der Waals surface area contributed by atoms with Gasteiger partial charge in [-0.25, -0.2) is 4.39 Å². The molecule has 1 amide bonds. The number of nitrogens with zero attached hydrogens (tertiary/aromatic N) is 2. The van der Waals surface area contributed by atoms with Crippen LogP contribution in [0.5, 0.6) is 5.75 Å². The zero-order valence-corrected chi connectivity index (χ0v) is 13.5. The fraction of sp³-hybridized carbons (Fsp3) is 0.222. The minimum absolute atomic E-state index is 0.172. The quantitative estimate of drug-likeness (QED) is 0.783. The number of hydrogen-bond donors (Lipinski definition) is 1. The topological polar surface area (TPSA) is 58.2 Å². The van der Waals surface area contributed by atoms with E-state index in [1.54, 1.807) is 24.1 Å². The number of hydrogen-bond acceptors (Lipinski definition) is 3. The van der Waals surface area contributed by atoms with E-state index < -0.39 is 0 Å². The van der Waals surface area contributed by atoms with Crippen LogP contribution >= 0.6 is 0 Å². The number of benzene rings is 2. The normalized spacial score (nSPS) is 10.8. The van der Waals surface area contributed by atoms with E-state index >= 15 is 0 Å². The maximum Gasteiger partial charge on any atom is 0.274 e. The average Bonchev–Trinajstić information content (AvgIpc) is 2.98. The highest BCUT2D eigenvalue weighted by Gasteiger charge is 2.18. The van der Waals surface area contributed by atoms with Crippen LogP contribution in [0, 0.1) is 12.7 Å². The Morgan fingerprint density at radius 1 is 1.25 bits per heavy atom. The van der Waals surface area contributed by atoms with E-state index in [9.17, 15) is 9.18 Å². The van der Waals surface area contributed by atoms with Gasteiger partial charge in [0.15, 0.2) is 5.69 Å². The van der Waals surface area contributed by atoms with Crippen LogP contribution in [0.4, 0.5) is 4.39 Å². The van der Waals surface area contributed by atoms with Crippen molar-refractivity contribution in [2.45, 2.75) is 6.92 Å². The molecule has 24 heavy (non-hydrogen) atoms. The van der Waals surface area contributed by atoms with Crippen LogP contribution < -0.4 is 4.74 Å². The van der Waals surface area contributed by atoms with E-state index in [1.807, 2.05) is 25.1 Å². The Morgan fingerprint density at radius 2 is 2.00 bits per heavy atom. The van der Waals surface area contributed by atoms with Crippen LogP contribution in [-0.2, 0) is 0 Å². The van der Waals surface area contributed by atoms with Gasteiger partial charge in [0.1, 0.15) is 18.2 Å². The molecule has 2 aromatic carbocycles. The molecule has 0 saturated heterocycles. The number of likely N-dealkylation sites (N-methyl/N-ethyl adjacent to an activating group) is 1. The molecule has 1 heterocycles. The predicted molar refractivity (Wildman–Crippen MR) is 89.7 cm³/mol. The van der Waals surface area contributed by atoms with Crippen molar-refractivity contribution in [2.75, 3.05) is 20.2 Å². The third-order valence-electron chi connectivity index (χ3n) is 3.78. The van der Waals surface area contributed by atoms with Crippen molar-refractivity contribution in [3.05, 3.63) is 59.5 Å². The van der Waals surface area contributed by atoms with Crippen LogP contribution in [-0.4, -0.2) is 41.2 Å². The molecule has 0 atom stereocenters. The Morgan fingerprint density at radius 3 is 2.75 bits per heavy atom. The second-order valence-corrected chi connectivity index (χ2v) is 5.65. The van der Waals surface area contributed by atoms with E-state index in [0.717, 1.165) is 16.5 Å². The van der Waals surface area contributed by atoms with Gasteiger partial charge < -0.3 is 9.64 Å². The molecule has 1 aromatic heterocycles. The molecule has 0 bridgehead atoms. The third kappa shape index (κ3) is 3.37. The smallest absolute Gasteiger partial charge is 0.274 e. The molecular weight excluding hydrogens is 309 g/mol. The maximum atomic E-state index is 12.8.